The van der Waals surface area contributed by atoms with Gasteiger partial charge >= 0.3 is 6.03 Å². The topological polar surface area (TPSA) is 76.7 Å². The van der Waals surface area contributed by atoms with Gasteiger partial charge in [0.1, 0.15) is 0 Å². The molecule has 1 saturated heterocycles. The number of carbonyl (C=O) groups is 2. The first kappa shape index (κ1) is 24.5. The standard InChI is InChI=1S/C25H41N5O2/c1-4-29-12-14-30(15-13-29)18-22-9-6-5-8-21(22)17-26-25(32)28-23-11-7-10-20(16-23)24(31)27-19(2)3/h5-6,8-9,19-20,23H,4,7,10-18H2,1-3H3,(H,27,31)(H2,26,28,32). The van der Waals surface area contributed by atoms with Crippen LogP contribution in [0.2, 0.25) is 0 Å². The largest absolute Gasteiger partial charge is 0.354 e. The molecule has 3 rings (SSSR count). The van der Waals surface area contributed by atoms with E-state index in [0.717, 1.165) is 58.5 Å². The average Bonchev–Trinajstić information content (AvgIpc) is 2.79. The summed E-state index contributed by atoms with van der Waals surface area (Å²) in [5, 5.41) is 9.14. The van der Waals surface area contributed by atoms with Gasteiger partial charge in [0.25, 0.3) is 0 Å². The Balaban J connectivity index is 1.46. The fraction of sp³-hybridized carbons (Fsp3) is 0.680. The second-order valence-corrected chi connectivity index (χ2v) is 9.53. The number of piperazine rings is 1. The number of urea groups is 1. The van der Waals surface area contributed by atoms with Gasteiger partial charge in [0.15, 0.2) is 0 Å². The van der Waals surface area contributed by atoms with Crippen molar-refractivity contribution >= 4 is 11.9 Å². The van der Waals surface area contributed by atoms with Crippen LogP contribution in [-0.2, 0) is 17.9 Å². The summed E-state index contributed by atoms with van der Waals surface area (Å²) in [6.45, 7) is 13.1. The summed E-state index contributed by atoms with van der Waals surface area (Å²) in [6.07, 6.45) is 3.51. The Morgan fingerprint density at radius 1 is 1.03 bits per heavy atom. The monoisotopic (exact) mass is 443 g/mol. The molecule has 32 heavy (non-hydrogen) atoms. The van der Waals surface area contributed by atoms with Gasteiger partial charge in [-0.3, -0.25) is 9.69 Å². The van der Waals surface area contributed by atoms with E-state index in [4.69, 9.17) is 0 Å². The lowest BCUT2D eigenvalue weighted by Gasteiger charge is -2.34. The number of benzene rings is 1. The lowest BCUT2D eigenvalue weighted by molar-refractivity contribution is -0.126. The molecule has 1 heterocycles. The second kappa shape index (κ2) is 12.2. The predicted octanol–water partition coefficient (Wildman–Crippen LogP) is 2.71. The van der Waals surface area contributed by atoms with Crippen molar-refractivity contribution in [3.05, 3.63) is 35.4 Å². The van der Waals surface area contributed by atoms with Gasteiger partial charge in [-0.25, -0.2) is 4.79 Å². The quantitative estimate of drug-likeness (QED) is 0.577. The molecule has 0 aromatic heterocycles. The first-order chi connectivity index (χ1) is 15.4. The molecule has 2 aliphatic rings. The Bertz CT molecular complexity index is 746. The van der Waals surface area contributed by atoms with Gasteiger partial charge in [-0.05, 0) is 50.8 Å². The van der Waals surface area contributed by atoms with E-state index in [1.54, 1.807) is 0 Å². The average molecular weight is 444 g/mol. The number of hydrogen-bond donors (Lipinski definition) is 3. The summed E-state index contributed by atoms with van der Waals surface area (Å²) >= 11 is 0. The van der Waals surface area contributed by atoms with Crippen molar-refractivity contribution in [3.63, 3.8) is 0 Å². The van der Waals surface area contributed by atoms with Crippen LogP contribution in [-0.4, -0.2) is 66.5 Å². The number of likely N-dealkylation sites (N-methyl/N-ethyl adjacent to an activating group) is 1. The summed E-state index contributed by atoms with van der Waals surface area (Å²) in [6, 6.07) is 8.43. The Kier molecular flexibility index (Phi) is 9.36. The van der Waals surface area contributed by atoms with E-state index >= 15 is 0 Å². The van der Waals surface area contributed by atoms with Gasteiger partial charge in [-0.15, -0.1) is 0 Å². The van der Waals surface area contributed by atoms with Crippen molar-refractivity contribution in [3.8, 4) is 0 Å². The van der Waals surface area contributed by atoms with E-state index in [9.17, 15) is 9.59 Å². The number of hydrogen-bond acceptors (Lipinski definition) is 4. The molecule has 3 N–H and O–H groups in total. The minimum absolute atomic E-state index is 0.00893. The molecule has 0 spiro atoms. The summed E-state index contributed by atoms with van der Waals surface area (Å²) < 4.78 is 0. The molecule has 3 amide bonds. The van der Waals surface area contributed by atoms with Crippen molar-refractivity contribution < 1.29 is 9.59 Å². The highest BCUT2D eigenvalue weighted by molar-refractivity contribution is 5.79. The zero-order valence-electron chi connectivity index (χ0n) is 20.0. The molecule has 1 aliphatic carbocycles. The molecule has 0 bridgehead atoms. The van der Waals surface area contributed by atoms with Crippen LogP contribution in [0.4, 0.5) is 4.79 Å². The molecule has 1 aliphatic heterocycles. The molecule has 7 nitrogen and oxygen atoms in total. The third kappa shape index (κ3) is 7.48. The predicted molar refractivity (Wildman–Crippen MR) is 128 cm³/mol. The second-order valence-electron chi connectivity index (χ2n) is 9.53. The van der Waals surface area contributed by atoms with Crippen molar-refractivity contribution in [2.75, 3.05) is 32.7 Å². The molecule has 2 unspecified atom stereocenters. The molecule has 2 atom stereocenters. The van der Waals surface area contributed by atoms with E-state index in [1.165, 1.54) is 11.1 Å². The van der Waals surface area contributed by atoms with Crippen molar-refractivity contribution in [2.24, 2.45) is 5.92 Å². The summed E-state index contributed by atoms with van der Waals surface area (Å²) in [5.74, 6) is 0.103. The highest BCUT2D eigenvalue weighted by Gasteiger charge is 2.28. The Morgan fingerprint density at radius 2 is 1.72 bits per heavy atom. The smallest absolute Gasteiger partial charge is 0.315 e. The van der Waals surface area contributed by atoms with Crippen LogP contribution in [0.1, 0.15) is 57.6 Å². The van der Waals surface area contributed by atoms with E-state index < -0.39 is 0 Å². The SMILES string of the molecule is CCN1CCN(Cc2ccccc2CNC(=O)NC2CCCC(C(=O)NC(C)C)C2)CC1. The third-order valence-electron chi connectivity index (χ3n) is 6.68. The summed E-state index contributed by atoms with van der Waals surface area (Å²) in [7, 11) is 0. The summed E-state index contributed by atoms with van der Waals surface area (Å²) in [5.41, 5.74) is 2.44. The van der Waals surface area contributed by atoms with E-state index in [1.807, 2.05) is 19.9 Å². The van der Waals surface area contributed by atoms with Crippen LogP contribution >= 0.6 is 0 Å². The maximum Gasteiger partial charge on any atom is 0.315 e. The molecule has 178 valence electrons. The number of rotatable bonds is 8. The van der Waals surface area contributed by atoms with Crippen LogP contribution in [0.3, 0.4) is 0 Å². The van der Waals surface area contributed by atoms with Gasteiger partial charge in [0.05, 0.1) is 0 Å². The van der Waals surface area contributed by atoms with Gasteiger partial charge in [0, 0.05) is 57.3 Å². The molecule has 2 fully saturated rings. The number of carbonyl (C=O) groups excluding carboxylic acids is 2. The van der Waals surface area contributed by atoms with Gasteiger partial charge < -0.3 is 20.9 Å². The van der Waals surface area contributed by atoms with Gasteiger partial charge in [-0.1, -0.05) is 37.6 Å². The fourth-order valence-corrected chi connectivity index (χ4v) is 4.76. The van der Waals surface area contributed by atoms with Crippen molar-refractivity contribution in [1.29, 1.82) is 0 Å². The zero-order chi connectivity index (χ0) is 22.9. The molecule has 1 aromatic rings. The highest BCUT2D eigenvalue weighted by Crippen LogP contribution is 2.24. The fourth-order valence-electron chi connectivity index (χ4n) is 4.76. The normalized spacial score (nSPS) is 22.5. The van der Waals surface area contributed by atoms with Crippen LogP contribution < -0.4 is 16.0 Å². The Hall–Kier alpha value is -2.12. The number of nitrogens with one attached hydrogen (secondary N) is 3. The number of amides is 3. The maximum atomic E-state index is 12.6. The van der Waals surface area contributed by atoms with Crippen molar-refractivity contribution in [2.45, 2.75) is 71.6 Å². The van der Waals surface area contributed by atoms with Crippen LogP contribution in [0, 0.1) is 5.92 Å². The lowest BCUT2D eigenvalue weighted by Crippen LogP contribution is -2.47. The molecular formula is C25H41N5O2. The first-order valence-corrected chi connectivity index (χ1v) is 12.3. The van der Waals surface area contributed by atoms with E-state index in [0.29, 0.717) is 13.0 Å². The summed E-state index contributed by atoms with van der Waals surface area (Å²) in [4.78, 5) is 29.9. The van der Waals surface area contributed by atoms with Crippen molar-refractivity contribution in [1.82, 2.24) is 25.8 Å². The third-order valence-corrected chi connectivity index (χ3v) is 6.68. The van der Waals surface area contributed by atoms with E-state index in [-0.39, 0.29) is 29.9 Å². The Labute approximate surface area is 193 Å². The lowest BCUT2D eigenvalue weighted by atomic mass is 9.85. The highest BCUT2D eigenvalue weighted by atomic mass is 16.2. The minimum Gasteiger partial charge on any atom is -0.354 e. The Morgan fingerprint density at radius 3 is 2.41 bits per heavy atom. The molecule has 7 heteroatoms. The number of nitrogens with zero attached hydrogens (tertiary/aromatic N) is 2. The maximum absolute atomic E-state index is 12.6. The molecule has 0 radical (unpaired) electrons. The van der Waals surface area contributed by atoms with Crippen LogP contribution in [0.25, 0.3) is 0 Å². The molecular weight excluding hydrogens is 402 g/mol. The van der Waals surface area contributed by atoms with Gasteiger partial charge in [-0.2, -0.15) is 0 Å². The van der Waals surface area contributed by atoms with E-state index in [2.05, 4.69) is 50.9 Å². The minimum atomic E-state index is -0.147. The zero-order valence-corrected chi connectivity index (χ0v) is 20.0. The van der Waals surface area contributed by atoms with Crippen LogP contribution in [0.5, 0.6) is 0 Å². The van der Waals surface area contributed by atoms with Crippen LogP contribution in [0.15, 0.2) is 24.3 Å². The molecule has 1 saturated carbocycles. The first-order valence-electron chi connectivity index (χ1n) is 12.3. The van der Waals surface area contributed by atoms with Gasteiger partial charge in [0.2, 0.25) is 5.91 Å². The molecule has 1 aromatic carbocycles.